The highest BCUT2D eigenvalue weighted by Gasteiger charge is 2.35. The molecule has 1 aliphatic heterocycles. The summed E-state index contributed by atoms with van der Waals surface area (Å²) in [6, 6.07) is 0. The molecule has 0 amide bonds. The van der Waals surface area contributed by atoms with Gasteiger partial charge in [-0.25, -0.2) is 4.98 Å². The summed E-state index contributed by atoms with van der Waals surface area (Å²) in [4.78, 5) is 19.5. The molecule has 1 saturated carbocycles. The number of hydrogen-bond donors (Lipinski definition) is 1. The minimum atomic E-state index is -0.0694. The van der Waals surface area contributed by atoms with Crippen LogP contribution in [0.1, 0.15) is 43.0 Å². The molecule has 1 aliphatic carbocycles. The van der Waals surface area contributed by atoms with Gasteiger partial charge in [0, 0.05) is 13.0 Å². The SMILES string of the molecule is CCOC(c1nc2c(c(=O)[nH]1)COCC2)C1CC1. The van der Waals surface area contributed by atoms with Crippen molar-refractivity contribution in [2.45, 2.75) is 38.9 Å². The van der Waals surface area contributed by atoms with Gasteiger partial charge in [0.15, 0.2) is 0 Å². The molecule has 1 N–H and O–H groups in total. The van der Waals surface area contributed by atoms with Crippen LogP contribution in [0.5, 0.6) is 0 Å². The van der Waals surface area contributed by atoms with Crippen molar-refractivity contribution in [3.63, 3.8) is 0 Å². The van der Waals surface area contributed by atoms with E-state index in [0.29, 0.717) is 37.1 Å². The average Bonchev–Trinajstić information content (AvgIpc) is 3.20. The topological polar surface area (TPSA) is 64.2 Å². The molecule has 0 spiro atoms. The standard InChI is InChI=1S/C13H18N2O3/c1-2-18-11(8-3-4-8)12-14-10-5-6-17-7-9(10)13(16)15-12/h8,11H,2-7H2,1H3,(H,14,15,16). The Labute approximate surface area is 106 Å². The molecule has 0 saturated heterocycles. The van der Waals surface area contributed by atoms with Crippen molar-refractivity contribution in [1.82, 2.24) is 9.97 Å². The van der Waals surface area contributed by atoms with Crippen LogP contribution in [-0.4, -0.2) is 23.2 Å². The van der Waals surface area contributed by atoms with E-state index in [1.807, 2.05) is 6.92 Å². The lowest BCUT2D eigenvalue weighted by atomic mass is 10.1. The van der Waals surface area contributed by atoms with Gasteiger partial charge in [-0.05, 0) is 25.7 Å². The highest BCUT2D eigenvalue weighted by atomic mass is 16.5. The molecule has 0 radical (unpaired) electrons. The van der Waals surface area contributed by atoms with Gasteiger partial charge in [0.1, 0.15) is 11.9 Å². The van der Waals surface area contributed by atoms with Crippen molar-refractivity contribution in [3.05, 3.63) is 27.4 Å². The molecule has 18 heavy (non-hydrogen) atoms. The fourth-order valence-corrected chi connectivity index (χ4v) is 2.41. The Morgan fingerprint density at radius 2 is 2.39 bits per heavy atom. The summed E-state index contributed by atoms with van der Waals surface area (Å²) in [5.74, 6) is 1.22. The van der Waals surface area contributed by atoms with Crippen LogP contribution in [0.15, 0.2) is 4.79 Å². The summed E-state index contributed by atoms with van der Waals surface area (Å²) in [5.41, 5.74) is 1.49. The second-order valence-corrected chi connectivity index (χ2v) is 4.89. The quantitative estimate of drug-likeness (QED) is 0.875. The predicted octanol–water partition coefficient (Wildman–Crippen LogP) is 1.33. The zero-order valence-electron chi connectivity index (χ0n) is 10.6. The fraction of sp³-hybridized carbons (Fsp3) is 0.692. The Morgan fingerprint density at radius 3 is 3.11 bits per heavy atom. The highest BCUT2D eigenvalue weighted by Crippen LogP contribution is 2.42. The molecule has 1 aromatic rings. The first kappa shape index (κ1) is 11.9. The van der Waals surface area contributed by atoms with Gasteiger partial charge in [0.05, 0.1) is 24.5 Å². The van der Waals surface area contributed by atoms with Crippen molar-refractivity contribution in [1.29, 1.82) is 0 Å². The molecule has 1 atom stereocenters. The molecule has 1 aromatic heterocycles. The maximum atomic E-state index is 12.0. The Kier molecular flexibility index (Phi) is 3.18. The van der Waals surface area contributed by atoms with Gasteiger partial charge in [-0.1, -0.05) is 0 Å². The first-order valence-electron chi connectivity index (χ1n) is 6.61. The third-order valence-electron chi connectivity index (χ3n) is 3.51. The summed E-state index contributed by atoms with van der Waals surface area (Å²) in [6.45, 7) is 3.64. The summed E-state index contributed by atoms with van der Waals surface area (Å²) in [5, 5.41) is 0. The number of nitrogens with one attached hydrogen (secondary N) is 1. The smallest absolute Gasteiger partial charge is 0.256 e. The second-order valence-electron chi connectivity index (χ2n) is 4.89. The number of H-pyrrole nitrogens is 1. The number of aromatic amines is 1. The lowest BCUT2D eigenvalue weighted by molar-refractivity contribution is 0.0389. The lowest BCUT2D eigenvalue weighted by Crippen LogP contribution is -2.27. The van der Waals surface area contributed by atoms with Gasteiger partial charge in [-0.15, -0.1) is 0 Å². The number of aromatic nitrogens is 2. The van der Waals surface area contributed by atoms with Crippen LogP contribution in [0, 0.1) is 5.92 Å². The number of hydrogen-bond acceptors (Lipinski definition) is 4. The van der Waals surface area contributed by atoms with Crippen molar-refractivity contribution >= 4 is 0 Å². The zero-order valence-corrected chi connectivity index (χ0v) is 10.6. The monoisotopic (exact) mass is 250 g/mol. The van der Waals surface area contributed by atoms with Crippen LogP contribution < -0.4 is 5.56 Å². The van der Waals surface area contributed by atoms with Crippen LogP contribution in [0.3, 0.4) is 0 Å². The van der Waals surface area contributed by atoms with Gasteiger partial charge in [-0.3, -0.25) is 4.79 Å². The van der Waals surface area contributed by atoms with Crippen molar-refractivity contribution in [2.24, 2.45) is 5.92 Å². The van der Waals surface area contributed by atoms with Crippen molar-refractivity contribution in [3.8, 4) is 0 Å². The Bertz CT molecular complexity index is 493. The molecule has 1 fully saturated rings. The van der Waals surface area contributed by atoms with E-state index < -0.39 is 0 Å². The van der Waals surface area contributed by atoms with E-state index in [0.717, 1.165) is 25.0 Å². The van der Waals surface area contributed by atoms with Crippen LogP contribution >= 0.6 is 0 Å². The van der Waals surface area contributed by atoms with Gasteiger partial charge >= 0.3 is 0 Å². The van der Waals surface area contributed by atoms with Gasteiger partial charge in [0.2, 0.25) is 0 Å². The Balaban J connectivity index is 1.96. The minimum absolute atomic E-state index is 0.0455. The van der Waals surface area contributed by atoms with Gasteiger partial charge < -0.3 is 14.5 Å². The molecule has 2 heterocycles. The number of nitrogens with zero attached hydrogens (tertiary/aromatic N) is 1. The van der Waals surface area contributed by atoms with E-state index in [1.165, 1.54) is 0 Å². The van der Waals surface area contributed by atoms with E-state index in [9.17, 15) is 4.79 Å². The number of fused-ring (bicyclic) bond motifs is 1. The lowest BCUT2D eigenvalue weighted by Gasteiger charge is -2.19. The summed E-state index contributed by atoms with van der Waals surface area (Å²) in [7, 11) is 0. The minimum Gasteiger partial charge on any atom is -0.376 e. The number of ether oxygens (including phenoxy) is 2. The molecule has 0 aromatic carbocycles. The summed E-state index contributed by atoms with van der Waals surface area (Å²) >= 11 is 0. The van der Waals surface area contributed by atoms with E-state index in [1.54, 1.807) is 0 Å². The third-order valence-corrected chi connectivity index (χ3v) is 3.51. The molecular weight excluding hydrogens is 232 g/mol. The van der Waals surface area contributed by atoms with Gasteiger partial charge in [-0.2, -0.15) is 0 Å². The largest absolute Gasteiger partial charge is 0.376 e. The van der Waals surface area contributed by atoms with Crippen LogP contribution in [0.4, 0.5) is 0 Å². The number of rotatable bonds is 4. The molecule has 2 aliphatic rings. The molecule has 0 bridgehead atoms. The molecule has 1 unspecified atom stereocenters. The summed E-state index contributed by atoms with van der Waals surface area (Å²) in [6.07, 6.45) is 3.00. The molecule has 5 heteroatoms. The second kappa shape index (κ2) is 4.82. The Hall–Kier alpha value is -1.20. The normalized spacial score (nSPS) is 20.5. The molecule has 5 nitrogen and oxygen atoms in total. The van der Waals surface area contributed by atoms with Crippen molar-refractivity contribution < 1.29 is 9.47 Å². The molecular formula is C13H18N2O3. The van der Waals surface area contributed by atoms with E-state index in [2.05, 4.69) is 9.97 Å². The maximum absolute atomic E-state index is 12.0. The molecule has 98 valence electrons. The van der Waals surface area contributed by atoms with Gasteiger partial charge in [0.25, 0.3) is 5.56 Å². The van der Waals surface area contributed by atoms with E-state index in [-0.39, 0.29) is 11.7 Å². The third kappa shape index (κ3) is 2.20. The molecule has 3 rings (SSSR count). The first-order valence-corrected chi connectivity index (χ1v) is 6.61. The zero-order chi connectivity index (χ0) is 12.5. The fourth-order valence-electron chi connectivity index (χ4n) is 2.41. The van der Waals surface area contributed by atoms with Crippen LogP contribution in [0.2, 0.25) is 0 Å². The van der Waals surface area contributed by atoms with E-state index in [4.69, 9.17) is 9.47 Å². The highest BCUT2D eigenvalue weighted by molar-refractivity contribution is 5.20. The van der Waals surface area contributed by atoms with Crippen LogP contribution in [-0.2, 0) is 22.5 Å². The maximum Gasteiger partial charge on any atom is 0.256 e. The average molecular weight is 250 g/mol. The van der Waals surface area contributed by atoms with Crippen LogP contribution in [0.25, 0.3) is 0 Å². The first-order chi connectivity index (χ1) is 8.79. The summed E-state index contributed by atoms with van der Waals surface area (Å²) < 4.78 is 11.0. The van der Waals surface area contributed by atoms with E-state index >= 15 is 0 Å². The predicted molar refractivity (Wildman–Crippen MR) is 65.3 cm³/mol. The Morgan fingerprint density at radius 1 is 1.56 bits per heavy atom. The van der Waals surface area contributed by atoms with Crippen molar-refractivity contribution in [2.75, 3.05) is 13.2 Å².